The van der Waals surface area contributed by atoms with E-state index < -0.39 is 0 Å². The minimum absolute atomic E-state index is 0.279. The first-order valence-corrected chi connectivity index (χ1v) is 6.40. The molecule has 0 bridgehead atoms. The molecule has 0 N–H and O–H groups in total. The standard InChI is InChI=1S/C15H19ClO2/c1-5-7-11(8-6-2)12-9-15(18-4)13(16)10-14(12)17-3/h1,9-11H,6-8H2,2-4H3. The summed E-state index contributed by atoms with van der Waals surface area (Å²) in [6.07, 6.45) is 8.22. The fourth-order valence-corrected chi connectivity index (χ4v) is 2.29. The van der Waals surface area contributed by atoms with Gasteiger partial charge in [0.15, 0.2) is 0 Å². The van der Waals surface area contributed by atoms with Crippen LogP contribution in [0.2, 0.25) is 5.02 Å². The van der Waals surface area contributed by atoms with Crippen LogP contribution in [0.5, 0.6) is 11.5 Å². The molecule has 0 aliphatic heterocycles. The zero-order valence-electron chi connectivity index (χ0n) is 11.1. The molecule has 3 heteroatoms. The van der Waals surface area contributed by atoms with Gasteiger partial charge in [0.2, 0.25) is 0 Å². The Morgan fingerprint density at radius 2 is 1.94 bits per heavy atom. The van der Waals surface area contributed by atoms with Gasteiger partial charge in [0.1, 0.15) is 11.5 Å². The van der Waals surface area contributed by atoms with Crippen molar-refractivity contribution >= 4 is 11.6 Å². The Morgan fingerprint density at radius 1 is 1.28 bits per heavy atom. The summed E-state index contributed by atoms with van der Waals surface area (Å²) in [5.41, 5.74) is 1.07. The highest BCUT2D eigenvalue weighted by atomic mass is 35.5. The van der Waals surface area contributed by atoms with E-state index in [1.54, 1.807) is 20.3 Å². The molecule has 18 heavy (non-hydrogen) atoms. The van der Waals surface area contributed by atoms with Crippen LogP contribution in [0.15, 0.2) is 12.1 Å². The molecule has 0 aliphatic rings. The largest absolute Gasteiger partial charge is 0.496 e. The summed E-state index contributed by atoms with van der Waals surface area (Å²) < 4.78 is 10.6. The van der Waals surface area contributed by atoms with Gasteiger partial charge in [-0.15, -0.1) is 12.3 Å². The monoisotopic (exact) mass is 266 g/mol. The lowest BCUT2D eigenvalue weighted by atomic mass is 9.91. The Kier molecular flexibility index (Phi) is 5.88. The minimum atomic E-state index is 0.279. The van der Waals surface area contributed by atoms with E-state index in [-0.39, 0.29) is 5.92 Å². The van der Waals surface area contributed by atoms with Gasteiger partial charge in [-0.05, 0) is 18.4 Å². The van der Waals surface area contributed by atoms with Crippen LogP contribution in [-0.4, -0.2) is 14.2 Å². The highest BCUT2D eigenvalue weighted by Crippen LogP contribution is 2.39. The van der Waals surface area contributed by atoms with Gasteiger partial charge in [-0.3, -0.25) is 0 Å². The predicted octanol–water partition coefficient (Wildman–Crippen LogP) is 4.26. The molecule has 2 nitrogen and oxygen atoms in total. The van der Waals surface area contributed by atoms with E-state index in [1.165, 1.54) is 0 Å². The summed E-state index contributed by atoms with van der Waals surface area (Å²) in [5.74, 6) is 4.43. The molecule has 98 valence electrons. The Labute approximate surface area is 114 Å². The molecule has 0 aliphatic carbocycles. The minimum Gasteiger partial charge on any atom is -0.496 e. The van der Waals surface area contributed by atoms with Crippen molar-refractivity contribution in [3.63, 3.8) is 0 Å². The van der Waals surface area contributed by atoms with Crippen LogP contribution >= 0.6 is 11.6 Å². The SMILES string of the molecule is C#CCC(CCC)c1cc(OC)c(Cl)cc1OC. The maximum atomic E-state index is 6.09. The topological polar surface area (TPSA) is 18.5 Å². The predicted molar refractivity (Wildman–Crippen MR) is 75.7 cm³/mol. The Morgan fingerprint density at radius 3 is 2.44 bits per heavy atom. The second kappa shape index (κ2) is 7.18. The van der Waals surface area contributed by atoms with E-state index in [4.69, 9.17) is 27.5 Å². The normalized spacial score (nSPS) is 11.7. The molecule has 0 spiro atoms. The lowest BCUT2D eigenvalue weighted by molar-refractivity contribution is 0.393. The Hall–Kier alpha value is -1.33. The number of methoxy groups -OCH3 is 2. The summed E-state index contributed by atoms with van der Waals surface area (Å²) in [6, 6.07) is 3.72. The summed E-state index contributed by atoms with van der Waals surface area (Å²) in [6.45, 7) is 2.14. The number of benzene rings is 1. The van der Waals surface area contributed by atoms with Crippen molar-refractivity contribution in [2.24, 2.45) is 0 Å². The van der Waals surface area contributed by atoms with E-state index in [9.17, 15) is 0 Å². The quantitative estimate of drug-likeness (QED) is 0.716. The smallest absolute Gasteiger partial charge is 0.138 e. The van der Waals surface area contributed by atoms with Crippen LogP contribution < -0.4 is 9.47 Å². The number of hydrogen-bond donors (Lipinski definition) is 0. The maximum Gasteiger partial charge on any atom is 0.138 e. The van der Waals surface area contributed by atoms with E-state index in [0.717, 1.165) is 24.2 Å². The first kappa shape index (κ1) is 14.7. The van der Waals surface area contributed by atoms with Crippen molar-refractivity contribution in [3.8, 4) is 23.8 Å². The van der Waals surface area contributed by atoms with Gasteiger partial charge in [-0.25, -0.2) is 0 Å². The fourth-order valence-electron chi connectivity index (χ4n) is 2.06. The summed E-state index contributed by atoms with van der Waals surface area (Å²) >= 11 is 6.09. The van der Waals surface area contributed by atoms with Crippen LogP contribution in [0.1, 0.15) is 37.7 Å². The maximum absolute atomic E-state index is 6.09. The average molecular weight is 267 g/mol. The van der Waals surface area contributed by atoms with Crippen molar-refractivity contribution in [2.45, 2.75) is 32.1 Å². The fraction of sp³-hybridized carbons (Fsp3) is 0.467. The van der Waals surface area contributed by atoms with Gasteiger partial charge < -0.3 is 9.47 Å². The first-order chi connectivity index (χ1) is 8.67. The van der Waals surface area contributed by atoms with Crippen molar-refractivity contribution in [1.82, 2.24) is 0 Å². The van der Waals surface area contributed by atoms with Gasteiger partial charge in [0.05, 0.1) is 19.2 Å². The zero-order valence-corrected chi connectivity index (χ0v) is 11.9. The van der Waals surface area contributed by atoms with Gasteiger partial charge in [0.25, 0.3) is 0 Å². The van der Waals surface area contributed by atoms with Crippen LogP contribution in [0, 0.1) is 12.3 Å². The van der Waals surface area contributed by atoms with Gasteiger partial charge >= 0.3 is 0 Å². The second-order valence-corrected chi connectivity index (χ2v) is 4.53. The van der Waals surface area contributed by atoms with E-state index >= 15 is 0 Å². The molecular weight excluding hydrogens is 248 g/mol. The van der Waals surface area contributed by atoms with Crippen LogP contribution in [0.3, 0.4) is 0 Å². The van der Waals surface area contributed by atoms with Gasteiger partial charge in [-0.1, -0.05) is 24.9 Å². The highest BCUT2D eigenvalue weighted by Gasteiger charge is 2.17. The molecule has 0 radical (unpaired) electrons. The van der Waals surface area contributed by atoms with Gasteiger partial charge in [-0.2, -0.15) is 0 Å². The number of terminal acetylenes is 1. The average Bonchev–Trinajstić information content (AvgIpc) is 2.38. The highest BCUT2D eigenvalue weighted by molar-refractivity contribution is 6.32. The van der Waals surface area contributed by atoms with E-state index in [2.05, 4.69) is 12.8 Å². The molecule has 1 aromatic rings. The Bertz CT molecular complexity index is 435. The molecule has 0 heterocycles. The lowest BCUT2D eigenvalue weighted by Gasteiger charge is -2.19. The Balaban J connectivity index is 3.21. The lowest BCUT2D eigenvalue weighted by Crippen LogP contribution is -2.02. The summed E-state index contributed by atoms with van der Waals surface area (Å²) in [7, 11) is 3.24. The van der Waals surface area contributed by atoms with Crippen molar-refractivity contribution in [1.29, 1.82) is 0 Å². The summed E-state index contributed by atoms with van der Waals surface area (Å²) in [4.78, 5) is 0. The molecule has 1 rings (SSSR count). The van der Waals surface area contributed by atoms with Crippen molar-refractivity contribution < 1.29 is 9.47 Å². The number of halogens is 1. The molecule has 1 atom stereocenters. The van der Waals surface area contributed by atoms with Crippen molar-refractivity contribution in [3.05, 3.63) is 22.7 Å². The van der Waals surface area contributed by atoms with E-state index in [1.807, 2.05) is 6.07 Å². The number of rotatable bonds is 6. The zero-order chi connectivity index (χ0) is 13.5. The number of ether oxygens (including phenoxy) is 2. The molecule has 0 saturated heterocycles. The summed E-state index contributed by atoms with van der Waals surface area (Å²) in [5, 5.41) is 0.550. The third-order valence-electron chi connectivity index (χ3n) is 2.95. The molecule has 1 aromatic carbocycles. The van der Waals surface area contributed by atoms with E-state index in [0.29, 0.717) is 17.2 Å². The van der Waals surface area contributed by atoms with Crippen LogP contribution in [-0.2, 0) is 0 Å². The van der Waals surface area contributed by atoms with Crippen LogP contribution in [0.4, 0.5) is 0 Å². The number of hydrogen-bond acceptors (Lipinski definition) is 2. The molecule has 0 fully saturated rings. The molecule has 0 amide bonds. The molecule has 0 saturated carbocycles. The molecule has 0 aromatic heterocycles. The van der Waals surface area contributed by atoms with Crippen LogP contribution in [0.25, 0.3) is 0 Å². The van der Waals surface area contributed by atoms with Gasteiger partial charge in [0, 0.05) is 18.1 Å². The third-order valence-corrected chi connectivity index (χ3v) is 3.24. The first-order valence-electron chi connectivity index (χ1n) is 6.02. The molecule has 1 unspecified atom stereocenters. The molecular formula is C15H19ClO2. The third kappa shape index (κ3) is 3.34. The van der Waals surface area contributed by atoms with Crippen molar-refractivity contribution in [2.75, 3.05) is 14.2 Å². The second-order valence-electron chi connectivity index (χ2n) is 4.12.